The molecule has 0 saturated carbocycles. The molecule has 1 aliphatic rings. The summed E-state index contributed by atoms with van der Waals surface area (Å²) < 4.78 is 28.5. The van der Waals surface area contributed by atoms with E-state index in [1.54, 1.807) is 0 Å². The van der Waals surface area contributed by atoms with Crippen LogP contribution in [0.15, 0.2) is 83.8 Å². The number of rotatable bonds is 16. The van der Waals surface area contributed by atoms with E-state index in [0.717, 1.165) is 41.0 Å². The Labute approximate surface area is 287 Å². The number of hydrogen-bond acceptors (Lipinski definition) is 9. The molecule has 1 heterocycles. The molecule has 0 aliphatic carbocycles. The highest BCUT2D eigenvalue weighted by atomic mass is 32.2. The van der Waals surface area contributed by atoms with Crippen molar-refractivity contribution in [3.05, 3.63) is 100 Å². The van der Waals surface area contributed by atoms with Crippen molar-refractivity contribution in [2.24, 2.45) is 0 Å². The molecule has 3 aromatic carbocycles. The van der Waals surface area contributed by atoms with Gasteiger partial charge in [0.1, 0.15) is 11.7 Å². The van der Waals surface area contributed by atoms with Gasteiger partial charge in [-0.3, -0.25) is 25.8 Å². The van der Waals surface area contributed by atoms with E-state index in [1.807, 2.05) is 81.8 Å². The van der Waals surface area contributed by atoms with Gasteiger partial charge in [-0.15, -0.1) is 0 Å². The van der Waals surface area contributed by atoms with Crippen LogP contribution in [0.5, 0.6) is 0 Å². The van der Waals surface area contributed by atoms with Gasteiger partial charge < -0.3 is 20.4 Å². The predicted molar refractivity (Wildman–Crippen MR) is 191 cm³/mol. The number of nitro benzene ring substituents is 1. The Morgan fingerprint density at radius 1 is 1.00 bits per heavy atom. The third kappa shape index (κ3) is 9.93. The number of thiocarbonyl (C=S) groups is 1. The zero-order chi connectivity index (χ0) is 34.7. The molecule has 1 fully saturated rings. The molecule has 0 bridgehead atoms. The summed E-state index contributed by atoms with van der Waals surface area (Å²) >= 11 is 5.51. The highest BCUT2D eigenvalue weighted by Crippen LogP contribution is 2.32. The number of likely N-dealkylation sites (N-methyl/N-ethyl adjacent to an activating group) is 1. The number of nitro groups is 1. The minimum Gasteiger partial charge on any atom is -0.353 e. The smallest absolute Gasteiger partial charge is 0.295 e. The highest BCUT2D eigenvalue weighted by Gasteiger charge is 2.40. The minimum absolute atomic E-state index is 0.0180. The summed E-state index contributed by atoms with van der Waals surface area (Å²) in [5.41, 5.74) is 7.02. The van der Waals surface area contributed by atoms with Gasteiger partial charge in [-0.25, -0.2) is 8.42 Å². The molecule has 1 amide bonds. The number of anilines is 1. The molecule has 258 valence electrons. The van der Waals surface area contributed by atoms with E-state index in [4.69, 9.17) is 12.2 Å². The Hall–Kier alpha value is -4.15. The largest absolute Gasteiger partial charge is 0.353 e. The van der Waals surface area contributed by atoms with Gasteiger partial charge >= 0.3 is 0 Å². The quantitative estimate of drug-likeness (QED) is 0.0992. The molecule has 4 N–H and O–H groups in total. The summed E-state index contributed by atoms with van der Waals surface area (Å²) in [6, 6.07) is 21.8. The first kappa shape index (κ1) is 36.7. The van der Waals surface area contributed by atoms with Gasteiger partial charge in [0.15, 0.2) is 5.11 Å². The summed E-state index contributed by atoms with van der Waals surface area (Å²) in [4.78, 5) is 28.4. The van der Waals surface area contributed by atoms with Gasteiger partial charge in [0.05, 0.1) is 15.9 Å². The van der Waals surface area contributed by atoms with Crippen molar-refractivity contribution in [1.82, 2.24) is 30.2 Å². The topological polar surface area (TPSA) is 152 Å². The zero-order valence-corrected chi connectivity index (χ0v) is 29.1. The number of carbonyl (C=O) groups excluding carboxylic acids is 1. The van der Waals surface area contributed by atoms with E-state index >= 15 is 0 Å². The number of hydrogen-bond donors (Lipinski definition) is 4. The van der Waals surface area contributed by atoms with Crippen LogP contribution in [0.25, 0.3) is 0 Å². The molecule has 0 spiro atoms. The number of hydrazine groups is 1. The first-order chi connectivity index (χ1) is 23.0. The fourth-order valence-corrected chi connectivity index (χ4v) is 7.40. The molecule has 1 aliphatic heterocycles. The molecule has 13 nitrogen and oxygen atoms in total. The zero-order valence-electron chi connectivity index (χ0n) is 27.5. The Morgan fingerprint density at radius 2 is 1.65 bits per heavy atom. The lowest BCUT2D eigenvalue weighted by atomic mass is 9.99. The average Bonchev–Trinajstić information content (AvgIpc) is 3.58. The lowest BCUT2D eigenvalue weighted by Gasteiger charge is -2.24. The van der Waals surface area contributed by atoms with Crippen LogP contribution in [0.1, 0.15) is 36.4 Å². The van der Waals surface area contributed by atoms with E-state index < -0.39 is 26.7 Å². The fraction of sp³-hybridized carbons (Fsp3) is 0.394. The van der Waals surface area contributed by atoms with E-state index in [1.165, 1.54) is 12.1 Å². The van der Waals surface area contributed by atoms with Gasteiger partial charge in [-0.2, -0.15) is 4.31 Å². The van der Waals surface area contributed by atoms with E-state index in [0.29, 0.717) is 25.9 Å². The van der Waals surface area contributed by atoms with Crippen LogP contribution in [0.4, 0.5) is 11.4 Å². The van der Waals surface area contributed by atoms with Crippen LogP contribution in [0.3, 0.4) is 0 Å². The molecule has 3 aromatic rings. The van der Waals surface area contributed by atoms with Crippen LogP contribution in [-0.2, 0) is 14.8 Å². The molecule has 0 aromatic heterocycles. The third-order valence-corrected chi connectivity index (χ3v) is 10.2. The molecule has 1 atom stereocenters. The Morgan fingerprint density at radius 3 is 2.25 bits per heavy atom. The van der Waals surface area contributed by atoms with Gasteiger partial charge in [-0.05, 0) is 89.0 Å². The number of amides is 1. The van der Waals surface area contributed by atoms with Crippen LogP contribution in [0, 0.1) is 10.1 Å². The SMILES string of the molecule is CN(C)CCCN(C)CCNC(=O)C1CCCN1S(=O)(=O)c1ccc(NNC(=S)NC(c2ccccc2)c2ccccc2)c([N+](=O)[O-])c1. The summed E-state index contributed by atoms with van der Waals surface area (Å²) in [5.74, 6) is -0.375. The van der Waals surface area contributed by atoms with Crippen LogP contribution < -0.4 is 21.5 Å². The second-order valence-electron chi connectivity index (χ2n) is 11.9. The van der Waals surface area contributed by atoms with Crippen molar-refractivity contribution in [2.45, 2.75) is 36.2 Å². The minimum atomic E-state index is -4.21. The molecule has 1 unspecified atom stereocenters. The lowest BCUT2D eigenvalue weighted by Crippen LogP contribution is -2.47. The number of benzene rings is 3. The standard InChI is InChI=1S/C33H44N8O5S2/c1-38(2)20-11-21-39(3)23-19-34-32(42)29-16-10-22-40(29)48(45,46)27-17-18-28(30(24-27)41(43)44)36-37-33(47)35-31(25-12-6-4-7-13-25)26-14-8-5-9-15-26/h4-9,12-15,17-18,24,29,31,36H,10-11,16,19-23H2,1-3H3,(H,34,42)(H2,35,37,47). The second-order valence-corrected chi connectivity index (χ2v) is 14.2. The number of nitrogens with one attached hydrogen (secondary N) is 4. The summed E-state index contributed by atoms with van der Waals surface area (Å²) in [7, 11) is 1.81. The van der Waals surface area contributed by atoms with Crippen LogP contribution in [-0.4, -0.2) is 98.4 Å². The maximum absolute atomic E-state index is 13.7. The lowest BCUT2D eigenvalue weighted by molar-refractivity contribution is -0.384. The highest BCUT2D eigenvalue weighted by molar-refractivity contribution is 7.89. The van der Waals surface area contributed by atoms with Crippen molar-refractivity contribution >= 4 is 44.6 Å². The van der Waals surface area contributed by atoms with E-state index in [2.05, 4.69) is 31.3 Å². The van der Waals surface area contributed by atoms with Crippen LogP contribution in [0.2, 0.25) is 0 Å². The molecule has 48 heavy (non-hydrogen) atoms. The maximum Gasteiger partial charge on any atom is 0.295 e. The molecule has 0 radical (unpaired) electrons. The molecular formula is C33H44N8O5S2. The van der Waals surface area contributed by atoms with Crippen molar-refractivity contribution < 1.29 is 18.1 Å². The van der Waals surface area contributed by atoms with Gasteiger partial charge in [0.25, 0.3) is 5.69 Å². The normalized spacial score (nSPS) is 15.1. The van der Waals surface area contributed by atoms with Crippen molar-refractivity contribution in [3.8, 4) is 0 Å². The van der Waals surface area contributed by atoms with Crippen molar-refractivity contribution in [2.75, 3.05) is 59.3 Å². The van der Waals surface area contributed by atoms with Crippen molar-refractivity contribution in [1.29, 1.82) is 0 Å². The first-order valence-corrected chi connectivity index (χ1v) is 17.7. The predicted octanol–water partition coefficient (Wildman–Crippen LogP) is 3.33. The average molecular weight is 697 g/mol. The second kappa shape index (κ2) is 17.3. The number of nitrogens with zero attached hydrogens (tertiary/aromatic N) is 4. The van der Waals surface area contributed by atoms with Crippen molar-refractivity contribution in [3.63, 3.8) is 0 Å². The van der Waals surface area contributed by atoms with Gasteiger partial charge in [-0.1, -0.05) is 60.7 Å². The van der Waals surface area contributed by atoms with E-state index in [-0.39, 0.29) is 34.2 Å². The fourth-order valence-electron chi connectivity index (χ4n) is 5.55. The molecule has 1 saturated heterocycles. The van der Waals surface area contributed by atoms with Gasteiger partial charge in [0, 0.05) is 25.7 Å². The summed E-state index contributed by atoms with van der Waals surface area (Å²) in [6.45, 7) is 3.00. The van der Waals surface area contributed by atoms with E-state index in [9.17, 15) is 23.3 Å². The van der Waals surface area contributed by atoms with Crippen LogP contribution >= 0.6 is 12.2 Å². The maximum atomic E-state index is 13.7. The first-order valence-electron chi connectivity index (χ1n) is 15.8. The Bertz CT molecular complexity index is 1600. The van der Waals surface area contributed by atoms with Gasteiger partial charge in [0.2, 0.25) is 15.9 Å². The number of sulfonamides is 1. The summed E-state index contributed by atoms with van der Waals surface area (Å²) in [6.07, 6.45) is 1.87. The monoisotopic (exact) mass is 696 g/mol. The molecular weight excluding hydrogens is 653 g/mol. The summed E-state index contributed by atoms with van der Waals surface area (Å²) in [5, 5.41) is 18.3. The third-order valence-electron chi connectivity index (χ3n) is 8.07. The number of carbonyl (C=O) groups is 1. The Kier molecular flexibility index (Phi) is 13.2. The Balaban J connectivity index is 1.40. The molecule has 4 rings (SSSR count). The molecule has 15 heteroatoms.